The molecule has 1 saturated carbocycles. The van der Waals surface area contributed by atoms with Gasteiger partial charge in [0.25, 0.3) is 0 Å². The van der Waals surface area contributed by atoms with E-state index in [-0.39, 0.29) is 0 Å². The Labute approximate surface area is 117 Å². The van der Waals surface area contributed by atoms with E-state index in [9.17, 15) is 0 Å². The summed E-state index contributed by atoms with van der Waals surface area (Å²) in [6.45, 7) is 1.91. The number of thioether (sulfide) groups is 1. The first-order valence-corrected chi connectivity index (χ1v) is 7.84. The third-order valence-corrected chi connectivity index (χ3v) is 4.02. The molecule has 0 aliphatic heterocycles. The van der Waals surface area contributed by atoms with Crippen LogP contribution in [0.25, 0.3) is 5.69 Å². The van der Waals surface area contributed by atoms with Crippen LogP contribution in [-0.2, 0) is 6.54 Å². The molecule has 0 atom stereocenters. The van der Waals surface area contributed by atoms with Crippen molar-refractivity contribution in [2.24, 2.45) is 5.92 Å². The number of hydrogen-bond acceptors (Lipinski definition) is 4. The normalized spacial score (nSPS) is 14.8. The summed E-state index contributed by atoms with van der Waals surface area (Å²) in [5.41, 5.74) is 2.06. The Bertz CT molecular complexity index is 548. The van der Waals surface area contributed by atoms with Gasteiger partial charge in [0.2, 0.25) is 0 Å². The smallest absolute Gasteiger partial charge is 0.0969 e. The molecule has 1 aliphatic carbocycles. The second-order valence-corrected chi connectivity index (χ2v) is 5.81. The highest BCUT2D eigenvalue weighted by atomic mass is 32.2. The third-order valence-electron chi connectivity index (χ3n) is 3.29. The highest BCUT2D eigenvalue weighted by Gasteiger charge is 2.20. The van der Waals surface area contributed by atoms with E-state index in [4.69, 9.17) is 0 Å². The highest BCUT2D eigenvalue weighted by molar-refractivity contribution is 7.98. The van der Waals surface area contributed by atoms with Crippen LogP contribution in [0, 0.1) is 5.92 Å². The van der Waals surface area contributed by atoms with Crippen molar-refractivity contribution in [2.75, 3.05) is 12.8 Å². The molecule has 0 spiro atoms. The second-order valence-electron chi connectivity index (χ2n) is 4.93. The molecule has 3 rings (SSSR count). The van der Waals surface area contributed by atoms with E-state index in [1.165, 1.54) is 17.7 Å². The van der Waals surface area contributed by atoms with Gasteiger partial charge in [0.15, 0.2) is 0 Å². The predicted octanol–water partition coefficient (Wildman–Crippen LogP) is 2.49. The average Bonchev–Trinajstić information content (AvgIpc) is 3.15. The van der Waals surface area contributed by atoms with Crippen LogP contribution in [0.5, 0.6) is 0 Å². The Morgan fingerprint density at radius 2 is 2.32 bits per heavy atom. The molecule has 1 N–H and O–H groups in total. The molecule has 0 radical (unpaired) electrons. The molecular weight excluding hydrogens is 256 g/mol. The monoisotopic (exact) mass is 274 g/mol. The van der Waals surface area contributed by atoms with Gasteiger partial charge in [0.05, 0.1) is 17.6 Å². The van der Waals surface area contributed by atoms with E-state index in [0.717, 1.165) is 30.4 Å². The zero-order chi connectivity index (χ0) is 13.1. The van der Waals surface area contributed by atoms with Crippen molar-refractivity contribution in [2.45, 2.75) is 24.3 Å². The second kappa shape index (κ2) is 5.75. The van der Waals surface area contributed by atoms with Gasteiger partial charge in [0.1, 0.15) is 0 Å². The lowest BCUT2D eigenvalue weighted by atomic mass is 10.3. The first kappa shape index (κ1) is 12.7. The van der Waals surface area contributed by atoms with E-state index in [1.54, 1.807) is 11.8 Å². The largest absolute Gasteiger partial charge is 0.311 e. The van der Waals surface area contributed by atoms with Crippen LogP contribution in [0.3, 0.4) is 0 Å². The minimum Gasteiger partial charge on any atom is -0.311 e. The Hall–Kier alpha value is -1.33. The summed E-state index contributed by atoms with van der Waals surface area (Å²) < 4.78 is 1.84. The van der Waals surface area contributed by atoms with Gasteiger partial charge in [-0.15, -0.1) is 16.9 Å². The SMILES string of the molecule is CSc1cccc(-n2cc(CNCC3CC3)nn2)c1. The van der Waals surface area contributed by atoms with Crippen LogP contribution < -0.4 is 5.32 Å². The van der Waals surface area contributed by atoms with E-state index in [2.05, 4.69) is 40.1 Å². The first-order valence-electron chi connectivity index (χ1n) is 6.61. The number of benzene rings is 1. The summed E-state index contributed by atoms with van der Waals surface area (Å²) >= 11 is 1.73. The van der Waals surface area contributed by atoms with E-state index >= 15 is 0 Å². The van der Waals surface area contributed by atoms with Crippen molar-refractivity contribution in [1.82, 2.24) is 20.3 Å². The zero-order valence-electron chi connectivity index (χ0n) is 11.0. The molecule has 1 aromatic carbocycles. The minimum atomic E-state index is 0.804. The fourth-order valence-electron chi connectivity index (χ4n) is 1.98. The van der Waals surface area contributed by atoms with Crippen LogP contribution in [0.1, 0.15) is 18.5 Å². The summed E-state index contributed by atoms with van der Waals surface area (Å²) in [7, 11) is 0. The summed E-state index contributed by atoms with van der Waals surface area (Å²) in [6, 6.07) is 8.33. The molecule has 1 aliphatic rings. The maximum absolute atomic E-state index is 4.21. The third kappa shape index (κ3) is 3.36. The Morgan fingerprint density at radius 3 is 3.11 bits per heavy atom. The molecule has 1 fully saturated rings. The van der Waals surface area contributed by atoms with Crippen LogP contribution in [0.15, 0.2) is 35.4 Å². The average molecular weight is 274 g/mol. The van der Waals surface area contributed by atoms with Crippen LogP contribution in [0.2, 0.25) is 0 Å². The molecule has 5 heteroatoms. The molecule has 19 heavy (non-hydrogen) atoms. The van der Waals surface area contributed by atoms with Gasteiger partial charge in [-0.2, -0.15) is 0 Å². The summed E-state index contributed by atoms with van der Waals surface area (Å²) in [6.07, 6.45) is 6.83. The zero-order valence-corrected chi connectivity index (χ0v) is 11.9. The lowest BCUT2D eigenvalue weighted by Gasteiger charge is -2.02. The van der Waals surface area contributed by atoms with E-state index in [1.807, 2.05) is 16.9 Å². The maximum atomic E-state index is 4.21. The first-order chi connectivity index (χ1) is 9.35. The molecule has 1 aromatic heterocycles. The number of aromatic nitrogens is 3. The standard InChI is InChI=1S/C14H18N4S/c1-19-14-4-2-3-13(7-14)18-10-12(16-17-18)9-15-8-11-5-6-11/h2-4,7,10-11,15H,5-6,8-9H2,1H3. The Morgan fingerprint density at radius 1 is 1.42 bits per heavy atom. The van der Waals surface area contributed by atoms with Gasteiger partial charge < -0.3 is 5.32 Å². The van der Waals surface area contributed by atoms with Crippen LogP contribution >= 0.6 is 11.8 Å². The van der Waals surface area contributed by atoms with Crippen LogP contribution in [0.4, 0.5) is 0 Å². The summed E-state index contributed by atoms with van der Waals surface area (Å²) in [5, 5.41) is 11.8. The molecule has 100 valence electrons. The van der Waals surface area contributed by atoms with Gasteiger partial charge in [-0.3, -0.25) is 0 Å². The quantitative estimate of drug-likeness (QED) is 0.822. The fraction of sp³-hybridized carbons (Fsp3) is 0.429. The van der Waals surface area contributed by atoms with Crippen molar-refractivity contribution in [3.05, 3.63) is 36.2 Å². The number of nitrogens with zero attached hydrogens (tertiary/aromatic N) is 3. The molecular formula is C14H18N4S. The molecule has 0 unspecified atom stereocenters. The molecule has 0 amide bonds. The predicted molar refractivity (Wildman–Crippen MR) is 77.6 cm³/mol. The lowest BCUT2D eigenvalue weighted by molar-refractivity contribution is 0.628. The topological polar surface area (TPSA) is 42.7 Å². The fourth-order valence-corrected chi connectivity index (χ4v) is 2.44. The summed E-state index contributed by atoms with van der Waals surface area (Å²) in [4.78, 5) is 1.24. The van der Waals surface area contributed by atoms with Gasteiger partial charge >= 0.3 is 0 Å². The highest BCUT2D eigenvalue weighted by Crippen LogP contribution is 2.27. The van der Waals surface area contributed by atoms with Gasteiger partial charge in [-0.05, 0) is 49.8 Å². The number of hydrogen-bond donors (Lipinski definition) is 1. The minimum absolute atomic E-state index is 0.804. The molecule has 4 nitrogen and oxygen atoms in total. The maximum Gasteiger partial charge on any atom is 0.0969 e. The molecule has 0 bridgehead atoms. The van der Waals surface area contributed by atoms with Crippen molar-refractivity contribution in [1.29, 1.82) is 0 Å². The van der Waals surface area contributed by atoms with Gasteiger partial charge in [-0.1, -0.05) is 11.3 Å². The van der Waals surface area contributed by atoms with Crippen molar-refractivity contribution >= 4 is 11.8 Å². The van der Waals surface area contributed by atoms with Crippen LogP contribution in [-0.4, -0.2) is 27.8 Å². The van der Waals surface area contributed by atoms with E-state index in [0.29, 0.717) is 0 Å². The van der Waals surface area contributed by atoms with E-state index < -0.39 is 0 Å². The van der Waals surface area contributed by atoms with Crippen molar-refractivity contribution in [3.8, 4) is 5.69 Å². The molecule has 2 aromatic rings. The lowest BCUT2D eigenvalue weighted by Crippen LogP contribution is -2.16. The van der Waals surface area contributed by atoms with Crippen molar-refractivity contribution < 1.29 is 0 Å². The van der Waals surface area contributed by atoms with Gasteiger partial charge in [0, 0.05) is 11.4 Å². The number of rotatable bonds is 6. The molecule has 0 saturated heterocycles. The Kier molecular flexibility index (Phi) is 3.84. The molecule has 1 heterocycles. The number of nitrogens with one attached hydrogen (secondary N) is 1. The van der Waals surface area contributed by atoms with Crippen molar-refractivity contribution in [3.63, 3.8) is 0 Å². The summed E-state index contributed by atoms with van der Waals surface area (Å²) in [5.74, 6) is 0.897. The van der Waals surface area contributed by atoms with Gasteiger partial charge in [-0.25, -0.2) is 4.68 Å². The Balaban J connectivity index is 1.65.